The molecule has 1 saturated heterocycles. The molecule has 6 nitrogen and oxygen atoms in total. The molecular weight excluding hydrogens is 339 g/mol. The van der Waals surface area contributed by atoms with E-state index in [1.807, 2.05) is 4.90 Å². The van der Waals surface area contributed by atoms with Crippen molar-refractivity contribution >= 4 is 35.1 Å². The Labute approximate surface area is 143 Å². The van der Waals surface area contributed by atoms with Gasteiger partial charge in [0, 0.05) is 41.7 Å². The third kappa shape index (κ3) is 3.59. The van der Waals surface area contributed by atoms with Crippen LogP contribution in [0.25, 0.3) is 11.4 Å². The monoisotopic (exact) mass is 354 g/mol. The van der Waals surface area contributed by atoms with Crippen molar-refractivity contribution in [1.82, 2.24) is 15.5 Å². The number of nitrogens with zero attached hydrogens (tertiary/aromatic N) is 3. The van der Waals surface area contributed by atoms with E-state index in [0.717, 1.165) is 12.8 Å². The van der Waals surface area contributed by atoms with Crippen LogP contribution in [0.3, 0.4) is 0 Å². The van der Waals surface area contributed by atoms with Crippen molar-refractivity contribution in [2.24, 2.45) is 5.92 Å². The van der Waals surface area contributed by atoms with Gasteiger partial charge in [-0.1, -0.05) is 28.4 Å². The molecular formula is C15H16Cl2N4O2. The molecule has 2 heterocycles. The van der Waals surface area contributed by atoms with Gasteiger partial charge in [0.25, 0.3) is 0 Å². The molecule has 0 spiro atoms. The lowest BCUT2D eigenvalue weighted by molar-refractivity contribution is -0.125. The fourth-order valence-corrected chi connectivity index (χ4v) is 3.21. The van der Waals surface area contributed by atoms with Gasteiger partial charge in [-0.3, -0.25) is 4.79 Å². The van der Waals surface area contributed by atoms with Crippen molar-refractivity contribution in [2.75, 3.05) is 25.0 Å². The van der Waals surface area contributed by atoms with Crippen LogP contribution >= 0.6 is 23.2 Å². The van der Waals surface area contributed by atoms with Crippen LogP contribution in [-0.4, -0.2) is 36.2 Å². The normalized spacial score (nSPS) is 15.7. The Hall–Kier alpha value is -1.79. The number of halogens is 2. The maximum atomic E-state index is 11.7. The zero-order valence-electron chi connectivity index (χ0n) is 12.6. The van der Waals surface area contributed by atoms with Crippen LogP contribution in [0.1, 0.15) is 12.8 Å². The highest BCUT2D eigenvalue weighted by Gasteiger charge is 2.27. The van der Waals surface area contributed by atoms with E-state index < -0.39 is 0 Å². The van der Waals surface area contributed by atoms with Crippen molar-refractivity contribution in [1.29, 1.82) is 0 Å². The van der Waals surface area contributed by atoms with Gasteiger partial charge in [-0.15, -0.1) is 0 Å². The summed E-state index contributed by atoms with van der Waals surface area (Å²) < 4.78 is 5.34. The Morgan fingerprint density at radius 3 is 2.52 bits per heavy atom. The second-order valence-corrected chi connectivity index (χ2v) is 6.31. The molecule has 122 valence electrons. The minimum Gasteiger partial charge on any atom is -0.359 e. The van der Waals surface area contributed by atoms with Gasteiger partial charge in [-0.2, -0.15) is 4.98 Å². The van der Waals surface area contributed by atoms with Gasteiger partial charge in [0.15, 0.2) is 0 Å². The lowest BCUT2D eigenvalue weighted by Gasteiger charge is -2.29. The predicted octanol–water partition coefficient (Wildman–Crippen LogP) is 3.01. The number of hydrogen-bond acceptors (Lipinski definition) is 5. The Morgan fingerprint density at radius 1 is 1.26 bits per heavy atom. The average molecular weight is 355 g/mol. The highest BCUT2D eigenvalue weighted by molar-refractivity contribution is 6.35. The van der Waals surface area contributed by atoms with Gasteiger partial charge in [0.2, 0.25) is 11.7 Å². The van der Waals surface area contributed by atoms with E-state index in [-0.39, 0.29) is 11.8 Å². The maximum Gasteiger partial charge on any atom is 0.324 e. The highest BCUT2D eigenvalue weighted by Crippen LogP contribution is 2.28. The Balaban J connectivity index is 1.72. The lowest BCUT2D eigenvalue weighted by atomic mass is 9.96. The van der Waals surface area contributed by atoms with Crippen molar-refractivity contribution in [3.05, 3.63) is 28.2 Å². The number of benzene rings is 1. The molecule has 1 aromatic carbocycles. The molecule has 0 aliphatic carbocycles. The third-order valence-electron chi connectivity index (χ3n) is 3.92. The summed E-state index contributed by atoms with van der Waals surface area (Å²) in [4.78, 5) is 18.1. The first-order valence-electron chi connectivity index (χ1n) is 7.33. The van der Waals surface area contributed by atoms with Gasteiger partial charge in [-0.25, -0.2) is 0 Å². The summed E-state index contributed by atoms with van der Waals surface area (Å²) in [6.07, 6.45) is 1.53. The molecule has 0 unspecified atom stereocenters. The molecule has 1 N–H and O–H groups in total. The smallest absolute Gasteiger partial charge is 0.324 e. The zero-order valence-corrected chi connectivity index (χ0v) is 14.1. The van der Waals surface area contributed by atoms with Crippen LogP contribution in [0.5, 0.6) is 0 Å². The van der Waals surface area contributed by atoms with E-state index in [1.165, 1.54) is 0 Å². The quantitative estimate of drug-likeness (QED) is 0.917. The third-order valence-corrected chi connectivity index (χ3v) is 4.36. The first-order chi connectivity index (χ1) is 11.1. The Bertz CT molecular complexity index is 691. The first kappa shape index (κ1) is 16.1. The molecule has 0 saturated carbocycles. The van der Waals surface area contributed by atoms with Crippen molar-refractivity contribution in [2.45, 2.75) is 12.8 Å². The van der Waals surface area contributed by atoms with E-state index in [4.69, 9.17) is 27.7 Å². The van der Waals surface area contributed by atoms with Crippen LogP contribution < -0.4 is 10.2 Å². The molecule has 1 aromatic heterocycles. The largest absolute Gasteiger partial charge is 0.359 e. The van der Waals surface area contributed by atoms with E-state index >= 15 is 0 Å². The van der Waals surface area contributed by atoms with E-state index in [2.05, 4.69) is 15.5 Å². The summed E-state index contributed by atoms with van der Waals surface area (Å²) in [6.45, 7) is 1.41. The predicted molar refractivity (Wildman–Crippen MR) is 88.8 cm³/mol. The van der Waals surface area contributed by atoms with Gasteiger partial charge >= 0.3 is 6.01 Å². The molecule has 2 aromatic rings. The molecule has 1 fully saturated rings. The number of aromatic nitrogens is 2. The van der Waals surface area contributed by atoms with E-state index in [1.54, 1.807) is 25.2 Å². The molecule has 0 bridgehead atoms. The van der Waals surface area contributed by atoms with Crippen LogP contribution in [-0.2, 0) is 4.79 Å². The van der Waals surface area contributed by atoms with Crippen LogP contribution in [0.15, 0.2) is 22.7 Å². The molecule has 1 amide bonds. The van der Waals surface area contributed by atoms with Crippen molar-refractivity contribution in [3.8, 4) is 11.4 Å². The summed E-state index contributed by atoms with van der Waals surface area (Å²) in [5.41, 5.74) is 0.706. The summed E-state index contributed by atoms with van der Waals surface area (Å²) in [7, 11) is 1.66. The highest BCUT2D eigenvalue weighted by atomic mass is 35.5. The van der Waals surface area contributed by atoms with Crippen molar-refractivity contribution < 1.29 is 9.32 Å². The topological polar surface area (TPSA) is 71.3 Å². The SMILES string of the molecule is CNC(=O)C1CCN(c2nc(-c3cc(Cl)cc(Cl)c3)no2)CC1. The first-order valence-corrected chi connectivity index (χ1v) is 8.09. The number of piperidine rings is 1. The summed E-state index contributed by atoms with van der Waals surface area (Å²) in [5.74, 6) is 0.577. The molecule has 1 aliphatic heterocycles. The summed E-state index contributed by atoms with van der Waals surface area (Å²) in [6, 6.07) is 5.57. The number of carbonyl (C=O) groups excluding carboxylic acids is 1. The molecule has 0 radical (unpaired) electrons. The molecule has 3 rings (SSSR count). The Morgan fingerprint density at radius 2 is 1.91 bits per heavy atom. The summed E-state index contributed by atoms with van der Waals surface area (Å²) in [5, 5.41) is 7.72. The molecule has 0 atom stereocenters. The molecule has 23 heavy (non-hydrogen) atoms. The van der Waals surface area contributed by atoms with Crippen LogP contribution in [0.2, 0.25) is 10.0 Å². The van der Waals surface area contributed by atoms with Gasteiger partial charge < -0.3 is 14.7 Å². The molecule has 1 aliphatic rings. The van der Waals surface area contributed by atoms with Gasteiger partial charge in [0.05, 0.1) is 0 Å². The van der Waals surface area contributed by atoms with Crippen LogP contribution in [0, 0.1) is 5.92 Å². The number of amides is 1. The second-order valence-electron chi connectivity index (χ2n) is 5.43. The number of nitrogens with one attached hydrogen (secondary N) is 1. The average Bonchev–Trinajstić information content (AvgIpc) is 3.03. The number of rotatable bonds is 3. The van der Waals surface area contributed by atoms with Crippen molar-refractivity contribution in [3.63, 3.8) is 0 Å². The lowest BCUT2D eigenvalue weighted by Crippen LogP contribution is -2.39. The van der Waals surface area contributed by atoms with Crippen LogP contribution in [0.4, 0.5) is 6.01 Å². The van der Waals surface area contributed by atoms with E-state index in [9.17, 15) is 4.79 Å². The number of anilines is 1. The van der Waals surface area contributed by atoms with E-state index in [0.29, 0.717) is 40.5 Å². The Kier molecular flexibility index (Phi) is 4.73. The molecule has 8 heteroatoms. The fraction of sp³-hybridized carbons (Fsp3) is 0.400. The minimum absolute atomic E-state index is 0.0466. The van der Waals surface area contributed by atoms with Gasteiger partial charge in [0.1, 0.15) is 0 Å². The standard InChI is InChI=1S/C15H16Cl2N4O2/c1-18-14(22)9-2-4-21(5-3-9)15-19-13(20-23-15)10-6-11(16)8-12(17)7-10/h6-9H,2-5H2,1H3,(H,18,22). The maximum absolute atomic E-state index is 11.7. The fourth-order valence-electron chi connectivity index (χ4n) is 2.68. The minimum atomic E-state index is 0.0466. The number of hydrogen-bond donors (Lipinski definition) is 1. The summed E-state index contributed by atoms with van der Waals surface area (Å²) >= 11 is 12.0. The van der Waals surface area contributed by atoms with Gasteiger partial charge in [-0.05, 0) is 31.0 Å². The zero-order chi connectivity index (χ0) is 16.4. The second kappa shape index (κ2) is 6.76. The number of carbonyl (C=O) groups is 1.